The highest BCUT2D eigenvalue weighted by atomic mass is 32.2. The molecular formula is C29H36N6O4S. The highest BCUT2D eigenvalue weighted by Crippen LogP contribution is 2.38. The molecule has 0 radical (unpaired) electrons. The number of benzene rings is 1. The Bertz CT molecular complexity index is 1460. The van der Waals surface area contributed by atoms with E-state index in [1.54, 1.807) is 23.8 Å². The Morgan fingerprint density at radius 2 is 2.02 bits per heavy atom. The number of nitrogens with zero attached hydrogens (tertiary/aromatic N) is 6. The van der Waals surface area contributed by atoms with Crippen LogP contribution in [0.2, 0.25) is 0 Å². The third-order valence-electron chi connectivity index (χ3n) is 7.52. The Morgan fingerprint density at radius 1 is 1.18 bits per heavy atom. The molecule has 212 valence electrons. The van der Waals surface area contributed by atoms with E-state index in [4.69, 9.17) is 29.2 Å². The fraction of sp³-hybridized carbons (Fsp3) is 0.517. The summed E-state index contributed by atoms with van der Waals surface area (Å²) in [5.41, 5.74) is 3.92. The number of hydrogen-bond acceptors (Lipinski definition) is 9. The Kier molecular flexibility index (Phi) is 7.12. The molecule has 6 rings (SSSR count). The van der Waals surface area contributed by atoms with Crippen molar-refractivity contribution in [3.8, 4) is 17.0 Å². The minimum atomic E-state index is -0.516. The summed E-state index contributed by atoms with van der Waals surface area (Å²) in [5.74, 6) is 1.66. The number of likely N-dealkylation sites (tertiary alicyclic amines) is 1. The number of rotatable bonds is 5. The molecule has 2 aromatic heterocycles. The molecule has 0 N–H and O–H groups in total. The zero-order valence-corrected chi connectivity index (χ0v) is 24.5. The normalized spacial score (nSPS) is 21.1. The van der Waals surface area contributed by atoms with Gasteiger partial charge >= 0.3 is 6.09 Å². The van der Waals surface area contributed by atoms with Crippen molar-refractivity contribution < 1.29 is 19.0 Å². The lowest BCUT2D eigenvalue weighted by Crippen LogP contribution is -2.36. The van der Waals surface area contributed by atoms with Crippen LogP contribution in [0.15, 0.2) is 41.2 Å². The van der Waals surface area contributed by atoms with Crippen molar-refractivity contribution in [3.05, 3.63) is 36.3 Å². The SMILES string of the molecule is COc1ccc(-c2nc(N3C=C4CN(C(=O)OC(C)(C)C)CC4C3)nc3c2ncn3C2CCCCO2)cc1SC. The fourth-order valence-electron chi connectivity index (χ4n) is 5.59. The molecule has 1 aromatic carbocycles. The van der Waals surface area contributed by atoms with Crippen molar-refractivity contribution in [2.24, 2.45) is 5.92 Å². The van der Waals surface area contributed by atoms with E-state index in [9.17, 15) is 4.79 Å². The molecule has 11 heteroatoms. The standard InChI is InChI=1S/C29H36N6O4S/c1-29(2,3)39-28(36)34-15-19-13-33(14-20(19)16-34)27-31-24(18-9-10-21(37-4)22(12-18)40-5)25-26(32-27)35(17-30-25)23-8-6-7-11-38-23/h9-10,12-13,17,20,23H,6-8,11,14-16H2,1-5H3. The first-order chi connectivity index (χ1) is 19.2. The van der Waals surface area contributed by atoms with Crippen LogP contribution in [0.1, 0.15) is 46.3 Å². The number of fused-ring (bicyclic) bond motifs is 2. The van der Waals surface area contributed by atoms with Crippen LogP contribution in [0.25, 0.3) is 22.4 Å². The van der Waals surface area contributed by atoms with Crippen molar-refractivity contribution in [1.82, 2.24) is 24.4 Å². The molecule has 1 amide bonds. The molecule has 3 aliphatic rings. The van der Waals surface area contributed by atoms with Crippen molar-refractivity contribution >= 4 is 35.0 Å². The molecule has 3 aromatic rings. The fourth-order valence-corrected chi connectivity index (χ4v) is 6.18. The van der Waals surface area contributed by atoms with Gasteiger partial charge in [-0.2, -0.15) is 4.98 Å². The minimum absolute atomic E-state index is 0.0920. The summed E-state index contributed by atoms with van der Waals surface area (Å²) in [4.78, 5) is 32.5. The molecule has 2 fully saturated rings. The molecule has 10 nitrogen and oxygen atoms in total. The second-order valence-electron chi connectivity index (χ2n) is 11.5. The number of methoxy groups -OCH3 is 1. The highest BCUT2D eigenvalue weighted by molar-refractivity contribution is 7.98. The van der Waals surface area contributed by atoms with Gasteiger partial charge in [-0.1, -0.05) is 0 Å². The van der Waals surface area contributed by atoms with Gasteiger partial charge in [0.25, 0.3) is 0 Å². The first-order valence-electron chi connectivity index (χ1n) is 13.8. The maximum atomic E-state index is 12.7. The number of amides is 1. The Hall–Kier alpha value is -3.31. The van der Waals surface area contributed by atoms with Gasteiger partial charge in [-0.3, -0.25) is 4.57 Å². The van der Waals surface area contributed by atoms with Gasteiger partial charge in [0.1, 0.15) is 28.8 Å². The Labute approximate surface area is 238 Å². The van der Waals surface area contributed by atoms with E-state index in [2.05, 4.69) is 21.7 Å². The van der Waals surface area contributed by atoms with Crippen LogP contribution in [0, 0.1) is 5.92 Å². The summed E-state index contributed by atoms with van der Waals surface area (Å²) in [6.45, 7) is 8.28. The molecule has 2 atom stereocenters. The van der Waals surface area contributed by atoms with E-state index < -0.39 is 5.60 Å². The highest BCUT2D eigenvalue weighted by Gasteiger charge is 2.38. The van der Waals surface area contributed by atoms with E-state index in [0.717, 1.165) is 58.9 Å². The van der Waals surface area contributed by atoms with E-state index in [1.165, 1.54) is 5.57 Å². The number of ether oxygens (including phenoxy) is 3. The predicted octanol–water partition coefficient (Wildman–Crippen LogP) is 5.49. The third-order valence-corrected chi connectivity index (χ3v) is 8.28. The summed E-state index contributed by atoms with van der Waals surface area (Å²) < 4.78 is 19.3. The zero-order valence-electron chi connectivity index (χ0n) is 23.7. The average molecular weight is 565 g/mol. The lowest BCUT2D eigenvalue weighted by Gasteiger charge is -2.25. The molecule has 40 heavy (non-hydrogen) atoms. The zero-order chi connectivity index (χ0) is 28.0. The predicted molar refractivity (Wildman–Crippen MR) is 155 cm³/mol. The van der Waals surface area contributed by atoms with Crippen LogP contribution in [0.3, 0.4) is 0 Å². The lowest BCUT2D eigenvalue weighted by molar-refractivity contribution is -0.0298. The second kappa shape index (κ2) is 10.6. The van der Waals surface area contributed by atoms with Crippen molar-refractivity contribution in [2.45, 2.75) is 56.8 Å². The van der Waals surface area contributed by atoms with Crippen LogP contribution in [0.4, 0.5) is 10.7 Å². The number of carbonyl (C=O) groups excluding carboxylic acids is 1. The maximum Gasteiger partial charge on any atom is 0.410 e. The molecule has 0 aliphatic carbocycles. The molecule has 2 saturated heterocycles. The summed E-state index contributed by atoms with van der Waals surface area (Å²) in [6, 6.07) is 6.10. The van der Waals surface area contributed by atoms with Gasteiger partial charge in [0.15, 0.2) is 5.65 Å². The van der Waals surface area contributed by atoms with E-state index in [0.29, 0.717) is 25.6 Å². The van der Waals surface area contributed by atoms with Crippen LogP contribution < -0.4 is 9.64 Å². The van der Waals surface area contributed by atoms with Crippen molar-refractivity contribution in [1.29, 1.82) is 0 Å². The van der Waals surface area contributed by atoms with Gasteiger partial charge in [-0.15, -0.1) is 11.8 Å². The van der Waals surface area contributed by atoms with Gasteiger partial charge in [0.05, 0.1) is 13.4 Å². The second-order valence-corrected chi connectivity index (χ2v) is 12.3. The Balaban J connectivity index is 1.37. The average Bonchev–Trinajstić information content (AvgIpc) is 3.65. The van der Waals surface area contributed by atoms with Crippen LogP contribution in [-0.2, 0) is 9.47 Å². The maximum absolute atomic E-state index is 12.7. The van der Waals surface area contributed by atoms with Gasteiger partial charge in [-0.25, -0.2) is 14.8 Å². The molecular weight excluding hydrogens is 528 g/mol. The largest absolute Gasteiger partial charge is 0.496 e. The van der Waals surface area contributed by atoms with Crippen molar-refractivity contribution in [3.63, 3.8) is 0 Å². The smallest absolute Gasteiger partial charge is 0.410 e. The first kappa shape index (κ1) is 26.9. The number of aromatic nitrogens is 4. The number of thioether (sulfide) groups is 1. The van der Waals surface area contributed by atoms with Crippen LogP contribution in [-0.4, -0.2) is 75.7 Å². The minimum Gasteiger partial charge on any atom is -0.496 e. The quantitative estimate of drug-likeness (QED) is 0.373. The molecule has 2 unspecified atom stereocenters. The third kappa shape index (κ3) is 5.12. The van der Waals surface area contributed by atoms with E-state index in [-0.39, 0.29) is 18.2 Å². The van der Waals surface area contributed by atoms with Crippen LogP contribution >= 0.6 is 11.8 Å². The van der Waals surface area contributed by atoms with Gasteiger partial charge in [0.2, 0.25) is 5.95 Å². The summed E-state index contributed by atoms with van der Waals surface area (Å²) in [5, 5.41) is 0. The monoisotopic (exact) mass is 564 g/mol. The van der Waals surface area contributed by atoms with Crippen molar-refractivity contribution in [2.75, 3.05) is 44.5 Å². The number of hydrogen-bond donors (Lipinski definition) is 0. The van der Waals surface area contributed by atoms with E-state index >= 15 is 0 Å². The molecule has 0 spiro atoms. The number of carbonyl (C=O) groups is 1. The Morgan fingerprint density at radius 3 is 2.73 bits per heavy atom. The molecule has 3 aliphatic heterocycles. The lowest BCUT2D eigenvalue weighted by atomic mass is 10.1. The van der Waals surface area contributed by atoms with Gasteiger partial charge in [0, 0.05) is 48.8 Å². The molecule has 0 saturated carbocycles. The number of imidazole rings is 1. The topological polar surface area (TPSA) is 94.8 Å². The summed E-state index contributed by atoms with van der Waals surface area (Å²) in [7, 11) is 1.68. The summed E-state index contributed by atoms with van der Waals surface area (Å²) >= 11 is 1.63. The summed E-state index contributed by atoms with van der Waals surface area (Å²) in [6.07, 6.45) is 8.71. The van der Waals surface area contributed by atoms with Gasteiger partial charge < -0.3 is 24.0 Å². The first-order valence-corrected chi connectivity index (χ1v) is 15.0. The molecule has 0 bridgehead atoms. The van der Waals surface area contributed by atoms with E-state index in [1.807, 2.05) is 45.5 Å². The van der Waals surface area contributed by atoms with Gasteiger partial charge in [-0.05, 0) is 70.1 Å². The number of anilines is 1. The van der Waals surface area contributed by atoms with Crippen LogP contribution in [0.5, 0.6) is 5.75 Å². The molecule has 5 heterocycles.